The topological polar surface area (TPSA) is 29.5 Å². The van der Waals surface area contributed by atoms with Crippen molar-refractivity contribution in [2.45, 2.75) is 13.0 Å². The van der Waals surface area contributed by atoms with Gasteiger partial charge in [-0.1, -0.05) is 34.8 Å². The van der Waals surface area contributed by atoms with Crippen LogP contribution in [0.3, 0.4) is 0 Å². The van der Waals surface area contributed by atoms with E-state index in [1.807, 2.05) is 12.3 Å². The molecule has 2 aromatic rings. The van der Waals surface area contributed by atoms with Gasteiger partial charge in [-0.25, -0.2) is 0 Å². The minimum atomic E-state index is -0.895. The molecule has 1 unspecified atom stereocenters. The Kier molecular flexibility index (Phi) is 4.98. The molecule has 1 aromatic heterocycles. The van der Waals surface area contributed by atoms with E-state index in [1.54, 1.807) is 18.2 Å². The predicted octanol–water partition coefficient (Wildman–Crippen LogP) is 5.19. The number of aliphatic hydroxyl groups excluding tert-OH is 1. The van der Waals surface area contributed by atoms with E-state index in [0.717, 1.165) is 0 Å². The van der Waals surface area contributed by atoms with Crippen molar-refractivity contribution >= 4 is 46.1 Å². The quantitative estimate of drug-likeness (QED) is 0.832. The van der Waals surface area contributed by atoms with E-state index < -0.39 is 6.10 Å². The van der Waals surface area contributed by atoms with Gasteiger partial charge in [0, 0.05) is 11.6 Å². The van der Waals surface area contributed by atoms with Crippen molar-refractivity contribution in [3.8, 4) is 5.75 Å². The van der Waals surface area contributed by atoms with Gasteiger partial charge in [-0.15, -0.1) is 11.3 Å². The Hall–Kier alpha value is -0.450. The molecule has 0 aliphatic rings. The highest BCUT2D eigenvalue weighted by atomic mass is 35.5. The van der Waals surface area contributed by atoms with Crippen LogP contribution in [0.25, 0.3) is 0 Å². The third kappa shape index (κ3) is 3.18. The molecule has 0 spiro atoms. The summed E-state index contributed by atoms with van der Waals surface area (Å²) in [5.41, 5.74) is 0.513. The lowest BCUT2D eigenvalue weighted by Gasteiger charge is -2.14. The highest BCUT2D eigenvalue weighted by Gasteiger charge is 2.20. The second-order valence-corrected chi connectivity index (χ2v) is 5.94. The van der Waals surface area contributed by atoms with E-state index in [1.165, 1.54) is 11.3 Å². The number of aliphatic hydroxyl groups is 1. The minimum absolute atomic E-state index is 0.393. The first-order chi connectivity index (χ1) is 9.04. The Morgan fingerprint density at radius 1 is 1.21 bits per heavy atom. The molecule has 6 heteroatoms. The molecule has 0 radical (unpaired) electrons. The second kappa shape index (κ2) is 6.33. The molecule has 19 heavy (non-hydrogen) atoms. The number of hydrogen-bond donors (Lipinski definition) is 1. The maximum atomic E-state index is 10.3. The monoisotopic (exact) mass is 336 g/mol. The van der Waals surface area contributed by atoms with Crippen LogP contribution in [-0.2, 0) is 0 Å². The largest absolute Gasteiger partial charge is 0.492 e. The van der Waals surface area contributed by atoms with Crippen molar-refractivity contribution < 1.29 is 9.84 Å². The molecular weight excluding hydrogens is 327 g/mol. The van der Waals surface area contributed by atoms with E-state index in [2.05, 4.69) is 0 Å². The first-order valence-electron chi connectivity index (χ1n) is 5.57. The van der Waals surface area contributed by atoms with Gasteiger partial charge in [-0.2, -0.15) is 0 Å². The van der Waals surface area contributed by atoms with Crippen LogP contribution in [0.4, 0.5) is 0 Å². The molecule has 1 aromatic carbocycles. The van der Waals surface area contributed by atoms with Gasteiger partial charge in [0.15, 0.2) is 0 Å². The average Bonchev–Trinajstić information content (AvgIpc) is 2.79. The van der Waals surface area contributed by atoms with Crippen LogP contribution < -0.4 is 4.74 Å². The fourth-order valence-electron chi connectivity index (χ4n) is 1.66. The zero-order valence-corrected chi connectivity index (χ0v) is 13.1. The molecule has 0 aliphatic carbocycles. The lowest BCUT2D eigenvalue weighted by molar-refractivity contribution is 0.224. The number of ether oxygens (including phenoxy) is 1. The van der Waals surface area contributed by atoms with Crippen molar-refractivity contribution in [3.05, 3.63) is 49.1 Å². The normalized spacial score (nSPS) is 12.5. The molecule has 0 amide bonds. The standard InChI is InChI=1S/C13H11Cl3O2S/c1-2-18-11-6-9(15)7(5-10(11)16)12(17)13-8(14)3-4-19-13/h3-6,12,17H,2H2,1H3. The summed E-state index contributed by atoms with van der Waals surface area (Å²) in [6, 6.07) is 4.94. The van der Waals surface area contributed by atoms with Crippen molar-refractivity contribution in [2.24, 2.45) is 0 Å². The van der Waals surface area contributed by atoms with Crippen LogP contribution in [0, 0.1) is 0 Å². The van der Waals surface area contributed by atoms with E-state index in [-0.39, 0.29) is 0 Å². The zero-order chi connectivity index (χ0) is 14.0. The van der Waals surface area contributed by atoms with E-state index in [9.17, 15) is 5.11 Å². The summed E-state index contributed by atoms with van der Waals surface area (Å²) in [4.78, 5) is 0.642. The highest BCUT2D eigenvalue weighted by Crippen LogP contribution is 2.39. The predicted molar refractivity (Wildman–Crippen MR) is 81.0 cm³/mol. The SMILES string of the molecule is CCOc1cc(Cl)c(C(O)c2sccc2Cl)cc1Cl. The second-order valence-electron chi connectivity index (χ2n) is 3.77. The first-order valence-corrected chi connectivity index (χ1v) is 7.58. The van der Waals surface area contributed by atoms with Crippen LogP contribution in [0.1, 0.15) is 23.5 Å². The third-order valence-corrected chi connectivity index (χ3v) is 4.57. The van der Waals surface area contributed by atoms with Gasteiger partial charge in [-0.3, -0.25) is 0 Å². The molecule has 1 N–H and O–H groups in total. The Morgan fingerprint density at radius 3 is 2.53 bits per heavy atom. The molecule has 0 saturated carbocycles. The molecule has 102 valence electrons. The minimum Gasteiger partial charge on any atom is -0.492 e. The summed E-state index contributed by atoms with van der Waals surface area (Å²) in [6.07, 6.45) is -0.895. The zero-order valence-electron chi connectivity index (χ0n) is 9.99. The van der Waals surface area contributed by atoms with Gasteiger partial charge in [0.1, 0.15) is 11.9 Å². The summed E-state index contributed by atoms with van der Waals surface area (Å²) in [5.74, 6) is 0.502. The van der Waals surface area contributed by atoms with Crippen molar-refractivity contribution in [1.29, 1.82) is 0 Å². The Bertz CT molecular complexity index is 583. The average molecular weight is 338 g/mol. The van der Waals surface area contributed by atoms with Crippen LogP contribution in [0.5, 0.6) is 5.75 Å². The molecule has 0 bridgehead atoms. The maximum absolute atomic E-state index is 10.3. The molecule has 1 atom stereocenters. The van der Waals surface area contributed by atoms with Gasteiger partial charge in [0.25, 0.3) is 0 Å². The molecule has 2 nitrogen and oxygen atoms in total. The fourth-order valence-corrected chi connectivity index (χ4v) is 3.31. The highest BCUT2D eigenvalue weighted by molar-refractivity contribution is 7.10. The van der Waals surface area contributed by atoms with Crippen LogP contribution in [0.15, 0.2) is 23.6 Å². The van der Waals surface area contributed by atoms with Crippen LogP contribution in [0.2, 0.25) is 15.1 Å². The first kappa shape index (κ1) is 14.9. The molecule has 0 aliphatic heterocycles. The summed E-state index contributed by atoms with van der Waals surface area (Å²) in [5, 5.41) is 13.5. The van der Waals surface area contributed by atoms with Crippen molar-refractivity contribution in [3.63, 3.8) is 0 Å². The van der Waals surface area contributed by atoms with Crippen LogP contribution >= 0.6 is 46.1 Å². The van der Waals surface area contributed by atoms with E-state index in [0.29, 0.717) is 37.9 Å². The van der Waals surface area contributed by atoms with Crippen molar-refractivity contribution in [1.82, 2.24) is 0 Å². The van der Waals surface area contributed by atoms with E-state index >= 15 is 0 Å². The molecule has 0 saturated heterocycles. The number of thiophene rings is 1. The third-order valence-electron chi connectivity index (χ3n) is 2.54. The number of benzene rings is 1. The number of hydrogen-bond acceptors (Lipinski definition) is 3. The van der Waals surface area contributed by atoms with Crippen LogP contribution in [-0.4, -0.2) is 11.7 Å². The number of halogens is 3. The maximum Gasteiger partial charge on any atom is 0.139 e. The lowest BCUT2D eigenvalue weighted by atomic mass is 10.1. The molecular formula is C13H11Cl3O2S. The van der Waals surface area contributed by atoms with Gasteiger partial charge in [0.05, 0.1) is 26.6 Å². The smallest absolute Gasteiger partial charge is 0.139 e. The molecule has 2 rings (SSSR count). The molecule has 0 fully saturated rings. The van der Waals surface area contributed by atoms with E-state index in [4.69, 9.17) is 39.5 Å². The fraction of sp³-hybridized carbons (Fsp3) is 0.231. The summed E-state index contributed by atoms with van der Waals surface area (Å²) < 4.78 is 5.35. The summed E-state index contributed by atoms with van der Waals surface area (Å²) in [6.45, 7) is 2.35. The van der Waals surface area contributed by atoms with Gasteiger partial charge in [-0.05, 0) is 24.4 Å². The van der Waals surface area contributed by atoms with Gasteiger partial charge >= 0.3 is 0 Å². The Balaban J connectivity index is 2.40. The molecule has 1 heterocycles. The Labute approximate surface area is 130 Å². The van der Waals surface area contributed by atoms with Gasteiger partial charge in [0.2, 0.25) is 0 Å². The van der Waals surface area contributed by atoms with Crippen molar-refractivity contribution in [2.75, 3.05) is 6.61 Å². The Morgan fingerprint density at radius 2 is 1.95 bits per heavy atom. The summed E-state index contributed by atoms with van der Waals surface area (Å²) in [7, 11) is 0. The summed E-state index contributed by atoms with van der Waals surface area (Å²) >= 11 is 19.6. The lowest BCUT2D eigenvalue weighted by Crippen LogP contribution is -2.00. The van der Waals surface area contributed by atoms with Gasteiger partial charge < -0.3 is 9.84 Å². The number of rotatable bonds is 4.